The molecule has 2 aromatic rings. The van der Waals surface area contributed by atoms with Gasteiger partial charge in [-0.2, -0.15) is 0 Å². The van der Waals surface area contributed by atoms with Gasteiger partial charge in [0, 0.05) is 0 Å². The molecule has 1 aliphatic heterocycles. The number of imide groups is 1. The van der Waals surface area contributed by atoms with Crippen LogP contribution in [0.15, 0.2) is 48.5 Å². The quantitative estimate of drug-likeness (QED) is 0.640. The fourth-order valence-corrected chi connectivity index (χ4v) is 2.15. The van der Waals surface area contributed by atoms with Gasteiger partial charge >= 0.3 is 5.97 Å². The SMILES string of the molecule is COC(=O)c1cccc(ON2C(=O)c3ccccc3C2=O)c1. The molecular weight excluding hydrogens is 286 g/mol. The van der Waals surface area contributed by atoms with Crippen LogP contribution in [0, 0.1) is 0 Å². The minimum absolute atomic E-state index is 0.192. The maximum atomic E-state index is 12.2. The van der Waals surface area contributed by atoms with Gasteiger partial charge < -0.3 is 9.57 Å². The fourth-order valence-electron chi connectivity index (χ4n) is 2.15. The number of nitrogens with zero attached hydrogens (tertiary/aromatic N) is 1. The Labute approximate surface area is 125 Å². The largest absolute Gasteiger partial charge is 0.465 e. The molecule has 0 unspecified atom stereocenters. The van der Waals surface area contributed by atoms with Crippen LogP contribution in [0.25, 0.3) is 0 Å². The molecule has 6 nitrogen and oxygen atoms in total. The number of esters is 1. The zero-order valence-corrected chi connectivity index (χ0v) is 11.6. The third-order valence-electron chi connectivity index (χ3n) is 3.21. The topological polar surface area (TPSA) is 72.9 Å². The maximum absolute atomic E-state index is 12.2. The lowest BCUT2D eigenvalue weighted by atomic mass is 10.1. The second kappa shape index (κ2) is 5.33. The highest BCUT2D eigenvalue weighted by atomic mass is 16.7. The van der Waals surface area contributed by atoms with Gasteiger partial charge in [-0.3, -0.25) is 9.59 Å². The van der Waals surface area contributed by atoms with E-state index in [0.717, 1.165) is 0 Å². The Morgan fingerprint density at radius 2 is 1.59 bits per heavy atom. The van der Waals surface area contributed by atoms with Crippen molar-refractivity contribution in [3.05, 3.63) is 65.2 Å². The predicted octanol–water partition coefficient (Wildman–Crippen LogP) is 2.06. The summed E-state index contributed by atoms with van der Waals surface area (Å²) in [5, 5.41) is 0.682. The molecule has 0 atom stereocenters. The van der Waals surface area contributed by atoms with E-state index in [-0.39, 0.29) is 22.4 Å². The number of hydrogen-bond acceptors (Lipinski definition) is 5. The first-order valence-electron chi connectivity index (χ1n) is 6.46. The first kappa shape index (κ1) is 13.8. The van der Waals surface area contributed by atoms with Gasteiger partial charge in [0.25, 0.3) is 11.8 Å². The minimum Gasteiger partial charge on any atom is -0.465 e. The number of methoxy groups -OCH3 is 1. The van der Waals surface area contributed by atoms with E-state index in [1.165, 1.54) is 19.2 Å². The monoisotopic (exact) mass is 297 g/mol. The Bertz CT molecular complexity index is 749. The lowest BCUT2D eigenvalue weighted by molar-refractivity contribution is -0.0141. The van der Waals surface area contributed by atoms with Crippen molar-refractivity contribution in [3.8, 4) is 5.75 Å². The van der Waals surface area contributed by atoms with E-state index in [2.05, 4.69) is 4.74 Å². The molecule has 1 aliphatic rings. The molecule has 1 heterocycles. The zero-order valence-electron chi connectivity index (χ0n) is 11.6. The highest BCUT2D eigenvalue weighted by Crippen LogP contribution is 2.25. The number of ether oxygens (including phenoxy) is 1. The molecule has 2 aromatic carbocycles. The number of hydroxylamine groups is 2. The van der Waals surface area contributed by atoms with Gasteiger partial charge in [-0.05, 0) is 30.3 Å². The maximum Gasteiger partial charge on any atom is 0.337 e. The first-order chi connectivity index (χ1) is 10.6. The normalized spacial score (nSPS) is 13.0. The summed E-state index contributed by atoms with van der Waals surface area (Å²) in [6.07, 6.45) is 0. The van der Waals surface area contributed by atoms with Gasteiger partial charge in [-0.15, -0.1) is 0 Å². The summed E-state index contributed by atoms with van der Waals surface area (Å²) in [6, 6.07) is 12.5. The zero-order chi connectivity index (χ0) is 15.7. The van der Waals surface area contributed by atoms with Crippen LogP contribution >= 0.6 is 0 Å². The first-order valence-corrected chi connectivity index (χ1v) is 6.46. The smallest absolute Gasteiger partial charge is 0.337 e. The fraction of sp³-hybridized carbons (Fsp3) is 0.0625. The second-order valence-corrected chi connectivity index (χ2v) is 4.56. The van der Waals surface area contributed by atoms with Crippen LogP contribution in [0.3, 0.4) is 0 Å². The molecule has 0 aromatic heterocycles. The average molecular weight is 297 g/mol. The van der Waals surface area contributed by atoms with Crippen LogP contribution in [0.2, 0.25) is 0 Å². The number of hydrogen-bond donors (Lipinski definition) is 0. The van der Waals surface area contributed by atoms with E-state index in [1.54, 1.807) is 36.4 Å². The predicted molar refractivity (Wildman–Crippen MR) is 75.4 cm³/mol. The minimum atomic E-state index is -0.538. The van der Waals surface area contributed by atoms with Crippen molar-refractivity contribution in [1.29, 1.82) is 0 Å². The Balaban J connectivity index is 1.88. The van der Waals surface area contributed by atoms with Crippen molar-refractivity contribution in [2.24, 2.45) is 0 Å². The van der Waals surface area contributed by atoms with E-state index in [9.17, 15) is 14.4 Å². The number of benzene rings is 2. The molecule has 2 amide bonds. The van der Waals surface area contributed by atoms with Crippen molar-refractivity contribution < 1.29 is 24.0 Å². The van der Waals surface area contributed by atoms with Crippen molar-refractivity contribution in [3.63, 3.8) is 0 Å². The molecule has 22 heavy (non-hydrogen) atoms. The molecule has 3 rings (SSSR count). The summed E-state index contributed by atoms with van der Waals surface area (Å²) in [5.74, 6) is -1.42. The summed E-state index contributed by atoms with van der Waals surface area (Å²) in [6.45, 7) is 0. The summed E-state index contributed by atoms with van der Waals surface area (Å²) in [5.41, 5.74) is 0.838. The van der Waals surface area contributed by atoms with Crippen LogP contribution in [-0.2, 0) is 4.74 Å². The van der Waals surface area contributed by atoms with Crippen LogP contribution in [-0.4, -0.2) is 30.0 Å². The van der Waals surface area contributed by atoms with Crippen LogP contribution in [0.5, 0.6) is 5.75 Å². The molecule has 0 saturated carbocycles. The Morgan fingerprint density at radius 1 is 0.955 bits per heavy atom. The summed E-state index contributed by atoms with van der Waals surface area (Å²) >= 11 is 0. The highest BCUT2D eigenvalue weighted by molar-refractivity contribution is 6.20. The number of fused-ring (bicyclic) bond motifs is 1. The molecule has 0 aliphatic carbocycles. The summed E-state index contributed by atoms with van der Waals surface area (Å²) in [4.78, 5) is 41.2. The van der Waals surface area contributed by atoms with Crippen LogP contribution < -0.4 is 4.84 Å². The third-order valence-corrected chi connectivity index (χ3v) is 3.21. The van der Waals surface area contributed by atoms with Gasteiger partial charge in [0.15, 0.2) is 5.75 Å². The van der Waals surface area contributed by atoms with E-state index in [4.69, 9.17) is 4.84 Å². The van der Waals surface area contributed by atoms with Gasteiger partial charge in [-0.25, -0.2) is 4.79 Å². The molecule has 0 radical (unpaired) electrons. The number of carbonyl (C=O) groups is 3. The van der Waals surface area contributed by atoms with Gasteiger partial charge in [0.2, 0.25) is 0 Å². The average Bonchev–Trinajstić information content (AvgIpc) is 2.80. The molecular formula is C16H11NO5. The molecule has 110 valence electrons. The van der Waals surface area contributed by atoms with Crippen molar-refractivity contribution in [2.45, 2.75) is 0 Å². The van der Waals surface area contributed by atoms with Crippen molar-refractivity contribution in [1.82, 2.24) is 5.06 Å². The Morgan fingerprint density at radius 3 is 2.18 bits per heavy atom. The molecule has 0 N–H and O–H groups in total. The molecule has 0 bridgehead atoms. The summed E-state index contributed by atoms with van der Waals surface area (Å²) < 4.78 is 4.61. The van der Waals surface area contributed by atoms with Gasteiger partial charge in [0.1, 0.15) is 0 Å². The van der Waals surface area contributed by atoms with Crippen molar-refractivity contribution in [2.75, 3.05) is 7.11 Å². The van der Waals surface area contributed by atoms with Crippen LogP contribution in [0.4, 0.5) is 0 Å². The lowest BCUT2D eigenvalue weighted by Crippen LogP contribution is -2.33. The van der Waals surface area contributed by atoms with E-state index < -0.39 is 17.8 Å². The Kier molecular flexibility index (Phi) is 3.34. The second-order valence-electron chi connectivity index (χ2n) is 4.56. The van der Waals surface area contributed by atoms with Gasteiger partial charge in [-0.1, -0.05) is 23.3 Å². The van der Waals surface area contributed by atoms with Crippen molar-refractivity contribution >= 4 is 17.8 Å². The number of carbonyl (C=O) groups excluding carboxylic acids is 3. The Hall–Kier alpha value is -3.15. The third kappa shape index (κ3) is 2.20. The number of amides is 2. The molecule has 0 spiro atoms. The van der Waals surface area contributed by atoms with Crippen LogP contribution in [0.1, 0.15) is 31.1 Å². The number of rotatable bonds is 3. The van der Waals surface area contributed by atoms with E-state index in [1.807, 2.05) is 0 Å². The molecule has 6 heteroatoms. The standard InChI is InChI=1S/C16H11NO5/c1-21-16(20)10-5-4-6-11(9-10)22-17-14(18)12-7-2-3-8-13(12)15(17)19/h2-9H,1H3. The van der Waals surface area contributed by atoms with Gasteiger partial charge in [0.05, 0.1) is 23.8 Å². The lowest BCUT2D eigenvalue weighted by Gasteiger charge is -2.14. The van der Waals surface area contributed by atoms with E-state index in [0.29, 0.717) is 5.06 Å². The van der Waals surface area contributed by atoms with E-state index >= 15 is 0 Å². The highest BCUT2D eigenvalue weighted by Gasteiger charge is 2.37. The molecule has 0 saturated heterocycles. The summed E-state index contributed by atoms with van der Waals surface area (Å²) in [7, 11) is 1.26. The molecule has 0 fully saturated rings.